The highest BCUT2D eigenvalue weighted by atomic mass is 35.5. The van der Waals surface area contributed by atoms with Crippen LogP contribution in [-0.2, 0) is 16.2 Å². The second-order valence-corrected chi connectivity index (χ2v) is 8.89. The van der Waals surface area contributed by atoms with Gasteiger partial charge in [0, 0.05) is 16.3 Å². The first-order valence-electron chi connectivity index (χ1n) is 10.6. The highest BCUT2D eigenvalue weighted by Gasteiger charge is 2.36. The van der Waals surface area contributed by atoms with E-state index in [2.05, 4.69) is 5.32 Å². The molecule has 4 rings (SSSR count). The average Bonchev–Trinajstić information content (AvgIpc) is 3.12. The summed E-state index contributed by atoms with van der Waals surface area (Å²) < 4.78 is 10.8. The number of hydrogen-bond acceptors (Lipinski definition) is 6. The summed E-state index contributed by atoms with van der Waals surface area (Å²) in [6.07, 6.45) is 1.62. The molecule has 7 nitrogen and oxygen atoms in total. The number of carbonyl (C=O) groups is 3. The van der Waals surface area contributed by atoms with Crippen molar-refractivity contribution in [3.05, 3.63) is 93.9 Å². The minimum atomic E-state index is -0.510. The summed E-state index contributed by atoms with van der Waals surface area (Å²) in [7, 11) is 1.55. The van der Waals surface area contributed by atoms with Crippen molar-refractivity contribution < 1.29 is 23.9 Å². The van der Waals surface area contributed by atoms with E-state index in [0.717, 1.165) is 27.8 Å². The third kappa shape index (κ3) is 6.23. The predicted octanol–water partition coefficient (Wildman–Crippen LogP) is 5.60. The predicted molar refractivity (Wildman–Crippen MR) is 137 cm³/mol. The first kappa shape index (κ1) is 24.4. The van der Waals surface area contributed by atoms with E-state index in [0.29, 0.717) is 28.8 Å². The molecule has 0 saturated carbocycles. The third-order valence-corrected chi connectivity index (χ3v) is 6.36. The molecule has 0 bridgehead atoms. The number of nitrogens with zero attached hydrogens (tertiary/aromatic N) is 1. The van der Waals surface area contributed by atoms with Gasteiger partial charge in [-0.25, -0.2) is 0 Å². The lowest BCUT2D eigenvalue weighted by Crippen LogP contribution is -2.36. The van der Waals surface area contributed by atoms with Crippen LogP contribution >= 0.6 is 23.4 Å². The van der Waals surface area contributed by atoms with Gasteiger partial charge in [0.05, 0.1) is 12.0 Å². The number of thioether (sulfide) groups is 1. The zero-order valence-electron chi connectivity index (χ0n) is 18.7. The highest BCUT2D eigenvalue weighted by Crippen LogP contribution is 2.32. The highest BCUT2D eigenvalue weighted by molar-refractivity contribution is 8.18. The molecule has 0 aromatic heterocycles. The lowest BCUT2D eigenvalue weighted by Gasteiger charge is -2.12. The molecule has 0 radical (unpaired) electrons. The fourth-order valence-corrected chi connectivity index (χ4v) is 4.27. The van der Waals surface area contributed by atoms with Crippen molar-refractivity contribution in [3.8, 4) is 11.5 Å². The Bertz CT molecular complexity index is 1280. The molecule has 1 fully saturated rings. The number of methoxy groups -OCH3 is 1. The van der Waals surface area contributed by atoms with Crippen LogP contribution in [0.25, 0.3) is 6.08 Å². The summed E-state index contributed by atoms with van der Waals surface area (Å²) in [4.78, 5) is 38.6. The molecule has 1 aliphatic heterocycles. The first-order valence-corrected chi connectivity index (χ1v) is 11.8. The van der Waals surface area contributed by atoms with E-state index in [1.807, 2.05) is 18.2 Å². The van der Waals surface area contributed by atoms with Crippen molar-refractivity contribution in [2.75, 3.05) is 19.0 Å². The first-order chi connectivity index (χ1) is 16.9. The van der Waals surface area contributed by atoms with Crippen molar-refractivity contribution in [3.63, 3.8) is 0 Å². The fourth-order valence-electron chi connectivity index (χ4n) is 3.24. The van der Waals surface area contributed by atoms with Crippen LogP contribution in [0.5, 0.6) is 11.5 Å². The quantitative estimate of drug-likeness (QED) is 0.398. The summed E-state index contributed by atoms with van der Waals surface area (Å²) in [6.45, 7) is -0.0423. The number of ether oxygens (including phenoxy) is 2. The number of rotatable bonds is 8. The topological polar surface area (TPSA) is 84.9 Å². The molecule has 3 amide bonds. The van der Waals surface area contributed by atoms with Crippen molar-refractivity contribution in [1.29, 1.82) is 0 Å². The lowest BCUT2D eigenvalue weighted by atomic mass is 10.2. The molecular formula is C26H21ClN2O5S. The number of anilines is 1. The SMILES string of the molecule is COc1ccc(NC(=O)CN2C(=O)S/C(=C/c3ccc(OCc4ccccc4Cl)cc3)C2=O)cc1. The maximum atomic E-state index is 12.7. The molecule has 35 heavy (non-hydrogen) atoms. The van der Waals surface area contributed by atoms with Crippen LogP contribution in [0.3, 0.4) is 0 Å². The molecule has 1 aliphatic rings. The van der Waals surface area contributed by atoms with E-state index in [9.17, 15) is 14.4 Å². The van der Waals surface area contributed by atoms with Crippen molar-refractivity contribution in [2.45, 2.75) is 6.61 Å². The van der Waals surface area contributed by atoms with Gasteiger partial charge < -0.3 is 14.8 Å². The van der Waals surface area contributed by atoms with Gasteiger partial charge in [0.1, 0.15) is 24.7 Å². The Morgan fingerprint density at radius 2 is 1.69 bits per heavy atom. The number of hydrogen-bond donors (Lipinski definition) is 1. The molecule has 1 N–H and O–H groups in total. The summed E-state index contributed by atoms with van der Waals surface area (Å²) >= 11 is 6.95. The van der Waals surface area contributed by atoms with Gasteiger partial charge in [-0.2, -0.15) is 0 Å². The van der Waals surface area contributed by atoms with Gasteiger partial charge in [0.2, 0.25) is 5.91 Å². The van der Waals surface area contributed by atoms with Crippen LogP contribution in [0.1, 0.15) is 11.1 Å². The number of amides is 3. The summed E-state index contributed by atoms with van der Waals surface area (Å²) in [5, 5.41) is 2.81. The molecule has 9 heteroatoms. The maximum Gasteiger partial charge on any atom is 0.294 e. The molecule has 0 atom stereocenters. The number of nitrogens with one attached hydrogen (secondary N) is 1. The normalized spacial score (nSPS) is 14.3. The molecule has 0 spiro atoms. The van der Waals surface area contributed by atoms with Crippen LogP contribution in [0, 0.1) is 0 Å². The van der Waals surface area contributed by atoms with E-state index < -0.39 is 17.1 Å². The van der Waals surface area contributed by atoms with E-state index in [1.165, 1.54) is 0 Å². The standard InChI is InChI=1S/C26H21ClN2O5S/c1-33-20-12-8-19(9-13-20)28-24(30)15-29-25(31)23(35-26(29)32)14-17-6-10-21(11-7-17)34-16-18-4-2-3-5-22(18)27/h2-14H,15-16H2,1H3,(H,28,30)/b23-14+. The smallest absolute Gasteiger partial charge is 0.294 e. The van der Waals surface area contributed by atoms with Gasteiger partial charge >= 0.3 is 0 Å². The Balaban J connectivity index is 1.35. The minimum absolute atomic E-state index is 0.247. The van der Waals surface area contributed by atoms with Crippen LogP contribution in [0.15, 0.2) is 77.7 Å². The molecule has 0 aliphatic carbocycles. The average molecular weight is 509 g/mol. The van der Waals surface area contributed by atoms with E-state index in [1.54, 1.807) is 67.8 Å². The third-order valence-electron chi connectivity index (χ3n) is 5.08. The monoisotopic (exact) mass is 508 g/mol. The van der Waals surface area contributed by atoms with E-state index in [-0.39, 0.29) is 11.4 Å². The van der Waals surface area contributed by atoms with Gasteiger partial charge in [-0.1, -0.05) is 41.9 Å². The summed E-state index contributed by atoms with van der Waals surface area (Å²) in [5.74, 6) is 0.312. The Labute approximate surface area is 211 Å². The fraction of sp³-hybridized carbons (Fsp3) is 0.115. The van der Waals surface area contributed by atoms with Gasteiger partial charge in [-0.15, -0.1) is 0 Å². The van der Waals surface area contributed by atoms with Crippen molar-refractivity contribution in [2.24, 2.45) is 0 Å². The van der Waals surface area contributed by atoms with Crippen LogP contribution in [0.4, 0.5) is 10.5 Å². The largest absolute Gasteiger partial charge is 0.497 e. The Hall–Kier alpha value is -3.75. The van der Waals surface area contributed by atoms with Crippen LogP contribution in [0.2, 0.25) is 5.02 Å². The number of carbonyl (C=O) groups excluding carboxylic acids is 3. The Kier molecular flexibility index (Phi) is 7.74. The molecule has 178 valence electrons. The second-order valence-electron chi connectivity index (χ2n) is 7.49. The van der Waals surface area contributed by atoms with Crippen molar-refractivity contribution in [1.82, 2.24) is 4.90 Å². The molecule has 3 aromatic carbocycles. The zero-order chi connectivity index (χ0) is 24.8. The zero-order valence-corrected chi connectivity index (χ0v) is 20.3. The minimum Gasteiger partial charge on any atom is -0.497 e. The van der Waals surface area contributed by atoms with Gasteiger partial charge in [-0.3, -0.25) is 19.3 Å². The lowest BCUT2D eigenvalue weighted by molar-refractivity contribution is -0.127. The van der Waals surface area contributed by atoms with Gasteiger partial charge in [0.15, 0.2) is 0 Å². The summed E-state index contributed by atoms with van der Waals surface area (Å²) in [6, 6.07) is 21.3. The van der Waals surface area contributed by atoms with Gasteiger partial charge in [0.25, 0.3) is 11.1 Å². The Morgan fingerprint density at radius 3 is 2.37 bits per heavy atom. The van der Waals surface area contributed by atoms with Crippen LogP contribution < -0.4 is 14.8 Å². The second kappa shape index (κ2) is 11.1. The molecule has 3 aromatic rings. The number of imide groups is 1. The van der Waals surface area contributed by atoms with Crippen LogP contribution in [-0.4, -0.2) is 35.6 Å². The molecule has 1 saturated heterocycles. The van der Waals surface area contributed by atoms with E-state index >= 15 is 0 Å². The molecule has 1 heterocycles. The maximum absolute atomic E-state index is 12.7. The van der Waals surface area contributed by atoms with E-state index in [4.69, 9.17) is 21.1 Å². The van der Waals surface area contributed by atoms with Crippen molar-refractivity contribution >= 4 is 52.2 Å². The number of halogens is 1. The molecular weight excluding hydrogens is 488 g/mol. The Morgan fingerprint density at radius 1 is 1.00 bits per heavy atom. The summed E-state index contributed by atoms with van der Waals surface area (Å²) in [5.41, 5.74) is 2.14. The van der Waals surface area contributed by atoms with Gasteiger partial charge in [-0.05, 0) is 65.9 Å². The molecule has 0 unspecified atom stereocenters. The number of benzene rings is 3.